The second kappa shape index (κ2) is 8.36. The van der Waals surface area contributed by atoms with E-state index in [2.05, 4.69) is 5.32 Å². The molecule has 0 radical (unpaired) electrons. The fourth-order valence-corrected chi connectivity index (χ4v) is 1.05. The number of hydrogen-bond acceptors (Lipinski definition) is 3. The molecule has 18 heavy (non-hydrogen) atoms. The number of aldehydes is 1. The summed E-state index contributed by atoms with van der Waals surface area (Å²) in [6.45, 7) is 4.23. The molecule has 0 saturated heterocycles. The maximum absolute atomic E-state index is 13.0. The number of nitrogens with one attached hydrogen (secondary N) is 1. The molecule has 100 valence electrons. The van der Waals surface area contributed by atoms with Crippen LogP contribution >= 0.6 is 0 Å². The standard InChI is InChI=1S/C9H10FNO2.C4H8O/c1-11-5-6-2-3-7(9(12)13)8(10)4-6;1-4(2)3-5/h2-4,11H,5H2,1H3,(H,12,13);3-4H,1-2H3. The molecule has 0 aliphatic rings. The Kier molecular flexibility index (Phi) is 7.54. The zero-order valence-corrected chi connectivity index (χ0v) is 10.7. The lowest BCUT2D eigenvalue weighted by atomic mass is 10.1. The topological polar surface area (TPSA) is 66.4 Å². The highest BCUT2D eigenvalue weighted by molar-refractivity contribution is 5.87. The molecule has 5 heteroatoms. The van der Waals surface area contributed by atoms with Crippen LogP contribution in [-0.4, -0.2) is 24.4 Å². The van der Waals surface area contributed by atoms with Gasteiger partial charge in [-0.25, -0.2) is 9.18 Å². The molecular weight excluding hydrogens is 237 g/mol. The number of carboxylic acid groups (broad SMARTS) is 1. The van der Waals surface area contributed by atoms with Gasteiger partial charge in [0.2, 0.25) is 0 Å². The molecule has 4 nitrogen and oxygen atoms in total. The normalized spacial score (nSPS) is 9.61. The fourth-order valence-electron chi connectivity index (χ4n) is 1.05. The molecular formula is C13H18FNO3. The average Bonchev–Trinajstić information content (AvgIpc) is 2.29. The molecule has 0 aliphatic carbocycles. The third-order valence-corrected chi connectivity index (χ3v) is 1.92. The lowest BCUT2D eigenvalue weighted by Crippen LogP contribution is -2.07. The Hall–Kier alpha value is -1.75. The third-order valence-electron chi connectivity index (χ3n) is 1.92. The SMILES string of the molecule is CC(C)C=O.CNCc1ccc(C(=O)O)c(F)c1. The van der Waals surface area contributed by atoms with Crippen molar-refractivity contribution >= 4 is 12.3 Å². The summed E-state index contributed by atoms with van der Waals surface area (Å²) >= 11 is 0. The van der Waals surface area contributed by atoms with Crippen LogP contribution in [0.2, 0.25) is 0 Å². The minimum atomic E-state index is -1.24. The first-order chi connectivity index (χ1) is 8.42. The molecule has 1 rings (SSSR count). The highest BCUT2D eigenvalue weighted by atomic mass is 19.1. The van der Waals surface area contributed by atoms with Gasteiger partial charge in [-0.05, 0) is 24.7 Å². The van der Waals surface area contributed by atoms with Gasteiger partial charge >= 0.3 is 5.97 Å². The van der Waals surface area contributed by atoms with E-state index in [-0.39, 0.29) is 11.5 Å². The monoisotopic (exact) mass is 255 g/mol. The number of hydrogen-bond donors (Lipinski definition) is 2. The first-order valence-electron chi connectivity index (χ1n) is 5.54. The van der Waals surface area contributed by atoms with Gasteiger partial charge in [0, 0.05) is 12.5 Å². The minimum Gasteiger partial charge on any atom is -0.478 e. The molecule has 1 aromatic rings. The van der Waals surface area contributed by atoms with Crippen LogP contribution in [0.5, 0.6) is 0 Å². The van der Waals surface area contributed by atoms with E-state index in [0.29, 0.717) is 6.54 Å². The van der Waals surface area contributed by atoms with Gasteiger partial charge in [-0.2, -0.15) is 0 Å². The molecule has 0 aromatic heterocycles. The molecule has 0 aliphatic heterocycles. The number of carbonyl (C=O) groups is 2. The van der Waals surface area contributed by atoms with Crippen molar-refractivity contribution in [3.8, 4) is 0 Å². The van der Waals surface area contributed by atoms with Crippen molar-refractivity contribution in [3.05, 3.63) is 35.1 Å². The van der Waals surface area contributed by atoms with Crippen molar-refractivity contribution in [2.24, 2.45) is 5.92 Å². The Bertz CT molecular complexity index is 405. The molecule has 1 aromatic carbocycles. The van der Waals surface area contributed by atoms with Crippen LogP contribution in [0.25, 0.3) is 0 Å². The average molecular weight is 255 g/mol. The second-order valence-corrected chi connectivity index (χ2v) is 4.03. The number of rotatable bonds is 4. The van der Waals surface area contributed by atoms with Crippen molar-refractivity contribution in [2.45, 2.75) is 20.4 Å². The zero-order chi connectivity index (χ0) is 14.1. The van der Waals surface area contributed by atoms with Crippen LogP contribution in [0.1, 0.15) is 29.8 Å². The number of aromatic carboxylic acids is 1. The summed E-state index contributed by atoms with van der Waals surface area (Å²) < 4.78 is 13.0. The van der Waals surface area contributed by atoms with E-state index in [1.165, 1.54) is 12.1 Å². The van der Waals surface area contributed by atoms with E-state index in [0.717, 1.165) is 11.8 Å². The van der Waals surface area contributed by atoms with E-state index in [9.17, 15) is 14.0 Å². The highest BCUT2D eigenvalue weighted by Crippen LogP contribution is 2.10. The van der Waals surface area contributed by atoms with Gasteiger partial charge in [0.25, 0.3) is 0 Å². The molecule has 0 unspecified atom stereocenters. The molecule has 0 saturated carbocycles. The summed E-state index contributed by atoms with van der Waals surface area (Å²) in [5.41, 5.74) is 0.435. The first-order valence-corrected chi connectivity index (χ1v) is 5.54. The van der Waals surface area contributed by atoms with Crippen LogP contribution < -0.4 is 5.32 Å². The largest absolute Gasteiger partial charge is 0.478 e. The Labute approximate surface area is 106 Å². The van der Waals surface area contributed by atoms with Crippen LogP contribution in [0.3, 0.4) is 0 Å². The summed E-state index contributed by atoms with van der Waals surface area (Å²) in [5, 5.41) is 11.4. The van der Waals surface area contributed by atoms with Gasteiger partial charge in [-0.3, -0.25) is 0 Å². The Morgan fingerprint density at radius 1 is 1.50 bits per heavy atom. The van der Waals surface area contributed by atoms with Crippen molar-refractivity contribution in [1.82, 2.24) is 5.32 Å². The predicted octanol–water partition coefficient (Wildman–Crippen LogP) is 2.08. The molecule has 0 amide bonds. The van der Waals surface area contributed by atoms with Crippen LogP contribution in [0.15, 0.2) is 18.2 Å². The number of halogens is 1. The van der Waals surface area contributed by atoms with Gasteiger partial charge in [-0.15, -0.1) is 0 Å². The summed E-state index contributed by atoms with van der Waals surface area (Å²) in [6.07, 6.45) is 0.917. The van der Waals surface area contributed by atoms with E-state index in [1.807, 2.05) is 13.8 Å². The van der Waals surface area contributed by atoms with Crippen molar-refractivity contribution in [3.63, 3.8) is 0 Å². The van der Waals surface area contributed by atoms with Gasteiger partial charge in [0.15, 0.2) is 0 Å². The van der Waals surface area contributed by atoms with Crippen LogP contribution in [-0.2, 0) is 11.3 Å². The molecule has 0 heterocycles. The zero-order valence-electron chi connectivity index (χ0n) is 10.7. The number of carbonyl (C=O) groups excluding carboxylic acids is 1. The van der Waals surface area contributed by atoms with Gasteiger partial charge in [0.1, 0.15) is 12.1 Å². The predicted molar refractivity (Wildman–Crippen MR) is 67.0 cm³/mol. The van der Waals surface area contributed by atoms with Gasteiger partial charge in [0.05, 0.1) is 5.56 Å². The third kappa shape index (κ3) is 6.10. The lowest BCUT2D eigenvalue weighted by Gasteiger charge is -2.01. The van der Waals surface area contributed by atoms with E-state index in [4.69, 9.17) is 5.11 Å². The molecule has 0 bridgehead atoms. The summed E-state index contributed by atoms with van der Waals surface area (Å²) in [5.74, 6) is -1.73. The Morgan fingerprint density at radius 2 is 2.06 bits per heavy atom. The number of carboxylic acids is 1. The minimum absolute atomic E-state index is 0.204. The van der Waals surface area contributed by atoms with E-state index >= 15 is 0 Å². The lowest BCUT2D eigenvalue weighted by molar-refractivity contribution is -0.110. The maximum Gasteiger partial charge on any atom is 0.338 e. The molecule has 0 fully saturated rings. The summed E-state index contributed by atoms with van der Waals surface area (Å²) in [6, 6.07) is 4.08. The molecule has 2 N–H and O–H groups in total. The quantitative estimate of drug-likeness (QED) is 0.808. The smallest absolute Gasteiger partial charge is 0.338 e. The molecule has 0 spiro atoms. The summed E-state index contributed by atoms with van der Waals surface area (Å²) in [4.78, 5) is 19.9. The fraction of sp³-hybridized carbons (Fsp3) is 0.385. The first kappa shape index (κ1) is 16.2. The van der Waals surface area contributed by atoms with Gasteiger partial charge < -0.3 is 15.2 Å². The number of benzene rings is 1. The maximum atomic E-state index is 13.0. The van der Waals surface area contributed by atoms with Crippen molar-refractivity contribution in [2.75, 3.05) is 7.05 Å². The van der Waals surface area contributed by atoms with Crippen LogP contribution in [0.4, 0.5) is 4.39 Å². The molecule has 0 atom stereocenters. The Balaban J connectivity index is 0.000000494. The Morgan fingerprint density at radius 3 is 2.39 bits per heavy atom. The van der Waals surface area contributed by atoms with Gasteiger partial charge in [-0.1, -0.05) is 19.9 Å². The summed E-state index contributed by atoms with van der Waals surface area (Å²) in [7, 11) is 1.74. The second-order valence-electron chi connectivity index (χ2n) is 4.03. The van der Waals surface area contributed by atoms with Crippen molar-refractivity contribution in [1.29, 1.82) is 0 Å². The van der Waals surface area contributed by atoms with Crippen molar-refractivity contribution < 1.29 is 19.1 Å². The highest BCUT2D eigenvalue weighted by Gasteiger charge is 2.09. The van der Waals surface area contributed by atoms with E-state index < -0.39 is 11.8 Å². The van der Waals surface area contributed by atoms with E-state index in [1.54, 1.807) is 13.1 Å². The van der Waals surface area contributed by atoms with Crippen LogP contribution in [0, 0.1) is 11.7 Å².